The molecule has 2 amide bonds. The van der Waals surface area contributed by atoms with Crippen LogP contribution in [-0.4, -0.2) is 35.2 Å². The molecule has 6 heteroatoms. The van der Waals surface area contributed by atoms with E-state index in [1.807, 2.05) is 74.5 Å². The molecule has 3 N–H and O–H groups in total. The lowest BCUT2D eigenvalue weighted by Crippen LogP contribution is -2.61. The smallest absolute Gasteiger partial charge is 0.329 e. The summed E-state index contributed by atoms with van der Waals surface area (Å²) in [7, 11) is 0. The quantitative estimate of drug-likeness (QED) is 0.765. The number of nitrogens with zero attached hydrogens (tertiary/aromatic N) is 2. The second-order valence-corrected chi connectivity index (χ2v) is 7.64. The first-order valence-electron chi connectivity index (χ1n) is 9.56. The van der Waals surface area contributed by atoms with Crippen LogP contribution in [0.1, 0.15) is 26.7 Å². The van der Waals surface area contributed by atoms with E-state index in [-0.39, 0.29) is 30.8 Å². The highest BCUT2D eigenvalue weighted by atomic mass is 16.4. The maximum absolute atomic E-state index is 13.5. The highest BCUT2D eigenvalue weighted by Crippen LogP contribution is 2.41. The lowest BCUT2D eigenvalue weighted by molar-refractivity contribution is -0.137. The molecule has 2 aromatic carbocycles. The van der Waals surface area contributed by atoms with Crippen LogP contribution in [0.2, 0.25) is 0 Å². The number of aliphatic carboxylic acids is 1. The molecule has 0 aliphatic carbocycles. The predicted octanol–water partition coefficient (Wildman–Crippen LogP) is 3.72. The Labute approximate surface area is 165 Å². The summed E-state index contributed by atoms with van der Waals surface area (Å²) in [6.45, 7) is 4.36. The molecule has 2 atom stereocenters. The molecule has 3 rings (SSSR count). The third-order valence-electron chi connectivity index (χ3n) is 5.49. The number of rotatable bonds is 7. The first-order chi connectivity index (χ1) is 13.4. The number of nitrogens with two attached hydrogens (primary N) is 1. The number of anilines is 2. The maximum atomic E-state index is 13.5. The van der Waals surface area contributed by atoms with E-state index in [4.69, 9.17) is 5.73 Å². The zero-order valence-electron chi connectivity index (χ0n) is 16.3. The van der Waals surface area contributed by atoms with Crippen LogP contribution in [0.3, 0.4) is 0 Å². The van der Waals surface area contributed by atoms with Crippen molar-refractivity contribution in [1.29, 1.82) is 0 Å². The number of carbonyl (C=O) groups is 2. The third-order valence-corrected chi connectivity index (χ3v) is 5.49. The Morgan fingerprint density at radius 3 is 2.11 bits per heavy atom. The normalized spacial score (nSPS) is 20.6. The largest absolute Gasteiger partial charge is 0.481 e. The van der Waals surface area contributed by atoms with Crippen molar-refractivity contribution >= 4 is 23.4 Å². The molecule has 0 aromatic heterocycles. The van der Waals surface area contributed by atoms with Gasteiger partial charge in [0.25, 0.3) is 0 Å². The molecule has 2 unspecified atom stereocenters. The van der Waals surface area contributed by atoms with Crippen molar-refractivity contribution in [2.75, 3.05) is 16.3 Å². The van der Waals surface area contributed by atoms with Gasteiger partial charge in [-0.1, -0.05) is 50.2 Å². The predicted molar refractivity (Wildman–Crippen MR) is 111 cm³/mol. The summed E-state index contributed by atoms with van der Waals surface area (Å²) in [5.74, 6) is -0.822. The topological polar surface area (TPSA) is 86.9 Å². The maximum Gasteiger partial charge on any atom is 0.329 e. The minimum Gasteiger partial charge on any atom is -0.481 e. The van der Waals surface area contributed by atoms with Gasteiger partial charge in [0.2, 0.25) is 0 Å². The summed E-state index contributed by atoms with van der Waals surface area (Å²) in [5, 5.41) is 9.36. The molecule has 6 nitrogen and oxygen atoms in total. The Bertz CT molecular complexity index is 825. The molecule has 1 saturated heterocycles. The lowest BCUT2D eigenvalue weighted by Gasteiger charge is -2.43. The van der Waals surface area contributed by atoms with Crippen LogP contribution in [-0.2, 0) is 4.79 Å². The van der Waals surface area contributed by atoms with Gasteiger partial charge < -0.3 is 10.8 Å². The summed E-state index contributed by atoms with van der Waals surface area (Å²) in [6, 6.07) is 18.2. The number of benzene rings is 2. The number of carboxylic acids is 1. The Hall–Kier alpha value is -2.86. The Morgan fingerprint density at radius 1 is 1.07 bits per heavy atom. The van der Waals surface area contributed by atoms with Crippen LogP contribution in [0.5, 0.6) is 0 Å². The van der Waals surface area contributed by atoms with Crippen LogP contribution >= 0.6 is 0 Å². The molecule has 1 aliphatic heterocycles. The van der Waals surface area contributed by atoms with E-state index in [0.29, 0.717) is 6.54 Å². The van der Waals surface area contributed by atoms with E-state index in [1.54, 1.807) is 9.80 Å². The Kier molecular flexibility index (Phi) is 5.70. The second kappa shape index (κ2) is 8.02. The average molecular weight is 381 g/mol. The minimum atomic E-state index is -0.894. The van der Waals surface area contributed by atoms with Gasteiger partial charge in [-0.3, -0.25) is 14.6 Å². The van der Waals surface area contributed by atoms with Crippen LogP contribution in [0.25, 0.3) is 0 Å². The van der Waals surface area contributed by atoms with Crippen molar-refractivity contribution in [3.05, 3.63) is 60.7 Å². The average Bonchev–Trinajstić information content (AvgIpc) is 3.00. The summed E-state index contributed by atoms with van der Waals surface area (Å²) in [5.41, 5.74) is 7.35. The standard InChI is InChI=1S/C22H27N3O3/c1-16(2)20(23)22(14-13-19(26)27)15-24(17-9-5-3-6-10-17)21(28)25(22)18-11-7-4-8-12-18/h3-12,16,20H,13-15,23H2,1-2H3,(H,26,27). The van der Waals surface area contributed by atoms with Crippen molar-refractivity contribution in [3.8, 4) is 0 Å². The van der Waals surface area contributed by atoms with Gasteiger partial charge in [0.15, 0.2) is 0 Å². The number of amides is 2. The van der Waals surface area contributed by atoms with Gasteiger partial charge in [-0.05, 0) is 36.6 Å². The molecule has 0 saturated carbocycles. The van der Waals surface area contributed by atoms with Gasteiger partial charge in [0, 0.05) is 23.8 Å². The fourth-order valence-corrected chi connectivity index (χ4v) is 4.03. The van der Waals surface area contributed by atoms with Crippen LogP contribution < -0.4 is 15.5 Å². The van der Waals surface area contributed by atoms with Crippen LogP contribution in [0, 0.1) is 5.92 Å². The molecule has 1 aliphatic rings. The highest BCUT2D eigenvalue weighted by molar-refractivity contribution is 6.08. The molecular formula is C22H27N3O3. The lowest BCUT2D eigenvalue weighted by atomic mass is 9.79. The number of hydrogen-bond acceptors (Lipinski definition) is 3. The van der Waals surface area contributed by atoms with Crippen molar-refractivity contribution in [3.63, 3.8) is 0 Å². The molecule has 28 heavy (non-hydrogen) atoms. The van der Waals surface area contributed by atoms with Crippen LogP contribution in [0.15, 0.2) is 60.7 Å². The molecule has 0 spiro atoms. The van der Waals surface area contributed by atoms with E-state index in [0.717, 1.165) is 11.4 Å². The van der Waals surface area contributed by atoms with E-state index >= 15 is 0 Å². The molecule has 148 valence electrons. The SMILES string of the molecule is CC(C)C(N)C1(CCC(=O)O)CN(c2ccccc2)C(=O)N1c1ccccc1. The van der Waals surface area contributed by atoms with Gasteiger partial charge in [0.1, 0.15) is 0 Å². The highest BCUT2D eigenvalue weighted by Gasteiger charge is 2.54. The van der Waals surface area contributed by atoms with Gasteiger partial charge in [-0.2, -0.15) is 0 Å². The Balaban J connectivity index is 2.13. The van der Waals surface area contributed by atoms with E-state index in [2.05, 4.69) is 0 Å². The third kappa shape index (κ3) is 3.60. The fourth-order valence-electron chi connectivity index (χ4n) is 4.03. The molecule has 0 bridgehead atoms. The van der Waals surface area contributed by atoms with Gasteiger partial charge in [-0.25, -0.2) is 4.79 Å². The number of carboxylic acid groups (broad SMARTS) is 1. The summed E-state index contributed by atoms with van der Waals surface area (Å²) in [6.07, 6.45) is 0.227. The molecule has 1 fully saturated rings. The molecular weight excluding hydrogens is 354 g/mol. The number of hydrogen-bond donors (Lipinski definition) is 2. The number of urea groups is 1. The zero-order chi connectivity index (χ0) is 20.3. The number of carbonyl (C=O) groups excluding carboxylic acids is 1. The van der Waals surface area contributed by atoms with Crippen LogP contribution in [0.4, 0.5) is 16.2 Å². The van der Waals surface area contributed by atoms with Crippen molar-refractivity contribution in [2.45, 2.75) is 38.3 Å². The molecule has 2 aromatic rings. The number of para-hydroxylation sites is 2. The molecule has 0 radical (unpaired) electrons. The van der Waals surface area contributed by atoms with E-state index in [9.17, 15) is 14.7 Å². The summed E-state index contributed by atoms with van der Waals surface area (Å²) in [4.78, 5) is 28.4. The van der Waals surface area contributed by atoms with Crippen molar-refractivity contribution in [2.24, 2.45) is 11.7 Å². The van der Waals surface area contributed by atoms with Crippen molar-refractivity contribution < 1.29 is 14.7 Å². The van der Waals surface area contributed by atoms with E-state index < -0.39 is 11.5 Å². The molecule has 1 heterocycles. The zero-order valence-corrected chi connectivity index (χ0v) is 16.3. The van der Waals surface area contributed by atoms with Crippen molar-refractivity contribution in [1.82, 2.24) is 0 Å². The van der Waals surface area contributed by atoms with E-state index in [1.165, 1.54) is 0 Å². The second-order valence-electron chi connectivity index (χ2n) is 7.64. The first kappa shape index (κ1) is 19.9. The minimum absolute atomic E-state index is 0.0559. The monoisotopic (exact) mass is 381 g/mol. The van der Waals surface area contributed by atoms with Gasteiger partial charge in [0.05, 0.1) is 12.1 Å². The first-order valence-corrected chi connectivity index (χ1v) is 9.56. The summed E-state index contributed by atoms with van der Waals surface area (Å²) < 4.78 is 0. The fraction of sp³-hybridized carbons (Fsp3) is 0.364. The Morgan fingerprint density at radius 2 is 1.61 bits per heavy atom. The van der Waals surface area contributed by atoms with Gasteiger partial charge in [-0.15, -0.1) is 0 Å². The van der Waals surface area contributed by atoms with Gasteiger partial charge >= 0.3 is 12.0 Å². The summed E-state index contributed by atoms with van der Waals surface area (Å²) >= 11 is 0.